The van der Waals surface area contributed by atoms with Crippen molar-refractivity contribution in [1.82, 2.24) is 0 Å². The highest BCUT2D eigenvalue weighted by Crippen LogP contribution is 2.28. The number of benzene rings is 1. The molecule has 1 aliphatic rings. The minimum Gasteiger partial charge on any atom is -0.490 e. The van der Waals surface area contributed by atoms with E-state index in [2.05, 4.69) is 15.9 Å². The summed E-state index contributed by atoms with van der Waals surface area (Å²) in [6.07, 6.45) is 5.76. The number of hydrogen-bond donors (Lipinski definition) is 1. The Morgan fingerprint density at radius 2 is 1.94 bits per heavy atom. The normalized spacial score (nSPS) is 18.9. The van der Waals surface area contributed by atoms with Gasteiger partial charge in [-0.25, -0.2) is 0 Å². The fourth-order valence-electron chi connectivity index (χ4n) is 2.39. The van der Waals surface area contributed by atoms with Crippen LogP contribution in [0.3, 0.4) is 0 Å². The summed E-state index contributed by atoms with van der Waals surface area (Å²) in [5, 5.41) is 10.1. The average molecular weight is 299 g/mol. The van der Waals surface area contributed by atoms with Crippen LogP contribution in [0.25, 0.3) is 0 Å². The first kappa shape index (κ1) is 12.9. The molecule has 1 N–H and O–H groups in total. The summed E-state index contributed by atoms with van der Waals surface area (Å²) in [6.45, 7) is 0.396. The Hall–Kier alpha value is -0.540. The van der Waals surface area contributed by atoms with Crippen molar-refractivity contribution in [2.75, 3.05) is 6.61 Å². The molecule has 94 valence electrons. The maximum atomic E-state index is 10.1. The van der Waals surface area contributed by atoms with Crippen LogP contribution < -0.4 is 4.74 Å². The van der Waals surface area contributed by atoms with Gasteiger partial charge in [-0.2, -0.15) is 0 Å². The maximum Gasteiger partial charge on any atom is 0.133 e. The number of halogens is 1. The predicted octanol–water partition coefficient (Wildman–Crippen LogP) is 3.77. The van der Waals surface area contributed by atoms with E-state index < -0.39 is 0 Å². The van der Waals surface area contributed by atoms with Crippen molar-refractivity contribution >= 4 is 15.9 Å². The Bertz CT molecular complexity index is 348. The van der Waals surface area contributed by atoms with Crippen LogP contribution in [-0.4, -0.2) is 17.8 Å². The molecule has 1 atom stereocenters. The average Bonchev–Trinajstić information content (AvgIpc) is 2.38. The Balaban J connectivity index is 1.83. The number of aliphatic hydroxyl groups is 1. The molecule has 0 aromatic heterocycles. The lowest BCUT2D eigenvalue weighted by Gasteiger charge is -2.26. The molecule has 0 heterocycles. The number of aliphatic hydroxyl groups excluding tert-OH is 1. The Morgan fingerprint density at radius 1 is 1.24 bits per heavy atom. The lowest BCUT2D eigenvalue weighted by molar-refractivity contribution is 0.0411. The van der Waals surface area contributed by atoms with Crippen LogP contribution in [0.2, 0.25) is 0 Å². The van der Waals surface area contributed by atoms with Gasteiger partial charge >= 0.3 is 0 Å². The van der Waals surface area contributed by atoms with Gasteiger partial charge in [-0.3, -0.25) is 0 Å². The smallest absolute Gasteiger partial charge is 0.133 e. The van der Waals surface area contributed by atoms with Crippen LogP contribution in [0.1, 0.15) is 32.1 Å². The van der Waals surface area contributed by atoms with E-state index in [4.69, 9.17) is 4.74 Å². The molecule has 0 aliphatic heterocycles. The SMILES string of the molecule is OC(COc1ccccc1Br)C1CCCCC1. The monoisotopic (exact) mass is 298 g/mol. The minimum absolute atomic E-state index is 0.331. The summed E-state index contributed by atoms with van der Waals surface area (Å²) in [4.78, 5) is 0. The summed E-state index contributed by atoms with van der Waals surface area (Å²) in [5.41, 5.74) is 0. The van der Waals surface area contributed by atoms with Gasteiger partial charge < -0.3 is 9.84 Å². The van der Waals surface area contributed by atoms with Crippen LogP contribution >= 0.6 is 15.9 Å². The lowest BCUT2D eigenvalue weighted by Crippen LogP contribution is -2.28. The van der Waals surface area contributed by atoms with E-state index in [1.165, 1.54) is 19.3 Å². The first-order valence-corrected chi connectivity index (χ1v) is 7.12. The zero-order chi connectivity index (χ0) is 12.1. The molecule has 2 nitrogen and oxygen atoms in total. The standard InChI is InChI=1S/C14H19BrO2/c15-12-8-4-5-9-14(12)17-10-13(16)11-6-2-1-3-7-11/h4-5,8-9,11,13,16H,1-3,6-7,10H2. The molecule has 3 heteroatoms. The van der Waals surface area contributed by atoms with Crippen molar-refractivity contribution in [3.63, 3.8) is 0 Å². The van der Waals surface area contributed by atoms with Crippen LogP contribution in [-0.2, 0) is 0 Å². The Kier molecular flexibility index (Phi) is 4.86. The van der Waals surface area contributed by atoms with E-state index in [9.17, 15) is 5.11 Å². The zero-order valence-corrected chi connectivity index (χ0v) is 11.5. The summed E-state index contributed by atoms with van der Waals surface area (Å²) in [5.74, 6) is 1.23. The van der Waals surface area contributed by atoms with E-state index in [1.54, 1.807) is 0 Å². The molecular weight excluding hydrogens is 280 g/mol. The molecule has 0 radical (unpaired) electrons. The summed E-state index contributed by atoms with van der Waals surface area (Å²) in [6, 6.07) is 7.75. The van der Waals surface area contributed by atoms with Crippen molar-refractivity contribution in [3.05, 3.63) is 28.7 Å². The van der Waals surface area contributed by atoms with Crippen LogP contribution in [0.5, 0.6) is 5.75 Å². The van der Waals surface area contributed by atoms with Crippen molar-refractivity contribution in [2.45, 2.75) is 38.2 Å². The van der Waals surface area contributed by atoms with Crippen LogP contribution in [0.4, 0.5) is 0 Å². The van der Waals surface area contributed by atoms with Gasteiger partial charge in [-0.15, -0.1) is 0 Å². The largest absolute Gasteiger partial charge is 0.490 e. The molecule has 0 saturated heterocycles. The summed E-state index contributed by atoms with van der Waals surface area (Å²) < 4.78 is 6.60. The number of hydrogen-bond acceptors (Lipinski definition) is 2. The third-order valence-electron chi connectivity index (χ3n) is 3.44. The molecular formula is C14H19BrO2. The molecule has 0 amide bonds. The minimum atomic E-state index is -0.331. The van der Waals surface area contributed by atoms with Gasteiger partial charge in [0.2, 0.25) is 0 Å². The van der Waals surface area contributed by atoms with Gasteiger partial charge in [0.25, 0.3) is 0 Å². The van der Waals surface area contributed by atoms with Crippen molar-refractivity contribution < 1.29 is 9.84 Å². The highest BCUT2D eigenvalue weighted by atomic mass is 79.9. The zero-order valence-electron chi connectivity index (χ0n) is 9.94. The topological polar surface area (TPSA) is 29.5 Å². The van der Waals surface area contributed by atoms with Gasteiger partial charge in [0.05, 0.1) is 10.6 Å². The quantitative estimate of drug-likeness (QED) is 0.917. The number of ether oxygens (including phenoxy) is 1. The molecule has 0 spiro atoms. The molecule has 1 saturated carbocycles. The first-order valence-electron chi connectivity index (χ1n) is 6.33. The summed E-state index contributed by atoms with van der Waals surface area (Å²) in [7, 11) is 0. The molecule has 1 fully saturated rings. The van der Waals surface area contributed by atoms with Gasteiger partial charge in [-0.1, -0.05) is 31.4 Å². The predicted molar refractivity (Wildman–Crippen MR) is 72.2 cm³/mol. The van der Waals surface area contributed by atoms with Crippen LogP contribution in [0, 0.1) is 5.92 Å². The maximum absolute atomic E-state index is 10.1. The van der Waals surface area contributed by atoms with Gasteiger partial charge in [0, 0.05) is 0 Å². The van der Waals surface area contributed by atoms with Crippen molar-refractivity contribution in [2.24, 2.45) is 5.92 Å². The molecule has 2 rings (SSSR count). The van der Waals surface area contributed by atoms with E-state index in [0.29, 0.717) is 12.5 Å². The Morgan fingerprint density at radius 3 is 2.65 bits per heavy atom. The lowest BCUT2D eigenvalue weighted by atomic mass is 9.85. The molecule has 1 aromatic carbocycles. The van der Waals surface area contributed by atoms with Crippen molar-refractivity contribution in [3.8, 4) is 5.75 Å². The van der Waals surface area contributed by atoms with Crippen molar-refractivity contribution in [1.29, 1.82) is 0 Å². The summed E-state index contributed by atoms with van der Waals surface area (Å²) >= 11 is 3.44. The third-order valence-corrected chi connectivity index (χ3v) is 4.10. The second-order valence-electron chi connectivity index (χ2n) is 4.71. The fourth-order valence-corrected chi connectivity index (χ4v) is 2.79. The highest BCUT2D eigenvalue weighted by molar-refractivity contribution is 9.10. The third kappa shape index (κ3) is 3.71. The second-order valence-corrected chi connectivity index (χ2v) is 5.56. The Labute approximate surface area is 111 Å². The van der Waals surface area contributed by atoms with Crippen LogP contribution in [0.15, 0.2) is 28.7 Å². The molecule has 0 bridgehead atoms. The fraction of sp³-hybridized carbons (Fsp3) is 0.571. The molecule has 17 heavy (non-hydrogen) atoms. The van der Waals surface area contributed by atoms with Gasteiger partial charge in [0.15, 0.2) is 0 Å². The first-order chi connectivity index (χ1) is 8.27. The van der Waals surface area contributed by atoms with E-state index in [0.717, 1.165) is 23.1 Å². The van der Waals surface area contributed by atoms with E-state index >= 15 is 0 Å². The van der Waals surface area contributed by atoms with E-state index in [1.807, 2.05) is 24.3 Å². The van der Waals surface area contributed by atoms with Gasteiger partial charge in [0.1, 0.15) is 12.4 Å². The highest BCUT2D eigenvalue weighted by Gasteiger charge is 2.22. The second kappa shape index (κ2) is 6.41. The molecule has 1 aliphatic carbocycles. The van der Waals surface area contributed by atoms with E-state index in [-0.39, 0.29) is 6.10 Å². The van der Waals surface area contributed by atoms with Gasteiger partial charge in [-0.05, 0) is 46.8 Å². The molecule has 1 aromatic rings. The number of rotatable bonds is 4. The molecule has 1 unspecified atom stereocenters. The number of para-hydroxylation sites is 1.